The molecule has 0 saturated carbocycles. The number of rotatable bonds is 5. The van der Waals surface area contributed by atoms with E-state index in [0.29, 0.717) is 29.3 Å². The minimum absolute atomic E-state index is 0.343. The number of nitrogens with one attached hydrogen (secondary N) is 1. The summed E-state index contributed by atoms with van der Waals surface area (Å²) in [6, 6.07) is 10.4. The molecule has 1 aromatic heterocycles. The van der Waals surface area contributed by atoms with E-state index in [1.807, 2.05) is 25.1 Å². The number of thiophene rings is 1. The molecule has 1 aliphatic rings. The van der Waals surface area contributed by atoms with E-state index in [-0.39, 0.29) is 5.91 Å². The Kier molecular flexibility index (Phi) is 6.19. The number of aryl methyl sites for hydroxylation is 1. The van der Waals surface area contributed by atoms with Crippen LogP contribution in [0.3, 0.4) is 0 Å². The Morgan fingerprint density at radius 2 is 1.79 bits per heavy atom. The first-order valence-electron chi connectivity index (χ1n) is 9.66. The van der Waals surface area contributed by atoms with Gasteiger partial charge in [-0.05, 0) is 36.8 Å². The molecule has 0 saturated heterocycles. The third-order valence-electron chi connectivity index (χ3n) is 5.39. The SMILES string of the molecule is Cc1sc(NC(=O)[C@H]2CC=CC[C@H]2C(=O)O)c(C#N)c1-c1ccc(C(C)C)cc1. The number of hydrogen-bond acceptors (Lipinski definition) is 4. The first-order valence-corrected chi connectivity index (χ1v) is 10.5. The minimum Gasteiger partial charge on any atom is -0.481 e. The van der Waals surface area contributed by atoms with Crippen molar-refractivity contribution >= 4 is 28.2 Å². The number of nitriles is 1. The highest BCUT2D eigenvalue weighted by atomic mass is 32.1. The van der Waals surface area contributed by atoms with Crippen LogP contribution < -0.4 is 5.32 Å². The van der Waals surface area contributed by atoms with Crippen molar-refractivity contribution in [1.82, 2.24) is 0 Å². The lowest BCUT2D eigenvalue weighted by molar-refractivity contribution is -0.146. The van der Waals surface area contributed by atoms with Crippen LogP contribution in [0.1, 0.15) is 48.6 Å². The van der Waals surface area contributed by atoms with Gasteiger partial charge in [0.2, 0.25) is 5.91 Å². The molecule has 6 heteroatoms. The van der Waals surface area contributed by atoms with E-state index in [9.17, 15) is 20.0 Å². The van der Waals surface area contributed by atoms with Gasteiger partial charge in [0.15, 0.2) is 0 Å². The minimum atomic E-state index is -0.969. The van der Waals surface area contributed by atoms with Gasteiger partial charge in [-0.1, -0.05) is 50.3 Å². The topological polar surface area (TPSA) is 90.2 Å². The molecule has 2 atom stereocenters. The average molecular weight is 409 g/mol. The number of carboxylic acid groups (broad SMARTS) is 1. The van der Waals surface area contributed by atoms with Gasteiger partial charge in [0.25, 0.3) is 0 Å². The molecule has 0 radical (unpaired) electrons. The fourth-order valence-corrected chi connectivity index (χ4v) is 4.73. The molecule has 3 rings (SSSR count). The monoisotopic (exact) mass is 408 g/mol. The van der Waals surface area contributed by atoms with Crippen LogP contribution >= 0.6 is 11.3 Å². The summed E-state index contributed by atoms with van der Waals surface area (Å²) < 4.78 is 0. The van der Waals surface area contributed by atoms with E-state index >= 15 is 0 Å². The van der Waals surface area contributed by atoms with E-state index in [0.717, 1.165) is 16.0 Å². The summed E-state index contributed by atoms with van der Waals surface area (Å²) in [6.45, 7) is 6.18. The van der Waals surface area contributed by atoms with Crippen molar-refractivity contribution in [3.05, 3.63) is 52.4 Å². The molecule has 1 aliphatic carbocycles. The van der Waals surface area contributed by atoms with Gasteiger partial charge in [-0.2, -0.15) is 5.26 Å². The fraction of sp³-hybridized carbons (Fsp3) is 0.348. The number of carbonyl (C=O) groups excluding carboxylic acids is 1. The van der Waals surface area contributed by atoms with Crippen LogP contribution in [0.4, 0.5) is 5.00 Å². The molecular weight excluding hydrogens is 384 g/mol. The summed E-state index contributed by atoms with van der Waals surface area (Å²) in [5.74, 6) is -2.27. The summed E-state index contributed by atoms with van der Waals surface area (Å²) in [5.41, 5.74) is 3.40. The fourth-order valence-electron chi connectivity index (χ4n) is 3.70. The van der Waals surface area contributed by atoms with Crippen LogP contribution in [0.2, 0.25) is 0 Å². The van der Waals surface area contributed by atoms with Crippen molar-refractivity contribution in [2.45, 2.75) is 39.5 Å². The Hall–Kier alpha value is -2.91. The molecule has 150 valence electrons. The lowest BCUT2D eigenvalue weighted by Gasteiger charge is -2.23. The highest BCUT2D eigenvalue weighted by molar-refractivity contribution is 7.17. The summed E-state index contributed by atoms with van der Waals surface area (Å²) in [7, 11) is 0. The summed E-state index contributed by atoms with van der Waals surface area (Å²) >= 11 is 1.35. The maximum atomic E-state index is 12.8. The van der Waals surface area contributed by atoms with Crippen LogP contribution in [0.25, 0.3) is 11.1 Å². The lowest BCUT2D eigenvalue weighted by Crippen LogP contribution is -2.34. The van der Waals surface area contributed by atoms with Crippen LogP contribution in [0, 0.1) is 30.1 Å². The largest absolute Gasteiger partial charge is 0.481 e. The second kappa shape index (κ2) is 8.62. The Bertz CT molecular complexity index is 996. The van der Waals surface area contributed by atoms with E-state index in [1.54, 1.807) is 6.08 Å². The van der Waals surface area contributed by atoms with Crippen LogP contribution in [-0.4, -0.2) is 17.0 Å². The molecule has 29 heavy (non-hydrogen) atoms. The summed E-state index contributed by atoms with van der Waals surface area (Å²) in [4.78, 5) is 25.3. The summed E-state index contributed by atoms with van der Waals surface area (Å²) in [6.07, 6.45) is 4.38. The van der Waals surface area contributed by atoms with Crippen molar-refractivity contribution in [2.24, 2.45) is 11.8 Å². The molecule has 2 aromatic rings. The standard InChI is InChI=1S/C23H24N2O3S/c1-13(2)15-8-10-16(11-9-15)20-14(3)29-22(19(20)12-24)25-21(26)17-6-4-5-7-18(17)23(27)28/h4-5,8-11,13,17-18H,6-7H2,1-3H3,(H,25,26)(H,27,28)/t17-,18+/m0/s1. The van der Waals surface area contributed by atoms with Gasteiger partial charge in [0, 0.05) is 10.4 Å². The summed E-state index contributed by atoms with van der Waals surface area (Å²) in [5, 5.41) is 22.5. The van der Waals surface area contributed by atoms with Gasteiger partial charge in [-0.25, -0.2) is 0 Å². The number of amides is 1. The van der Waals surface area contributed by atoms with Crippen molar-refractivity contribution in [3.63, 3.8) is 0 Å². The third kappa shape index (κ3) is 4.25. The van der Waals surface area contributed by atoms with E-state index < -0.39 is 17.8 Å². The molecule has 5 nitrogen and oxygen atoms in total. The zero-order valence-electron chi connectivity index (χ0n) is 16.7. The predicted octanol–water partition coefficient (Wildman–Crippen LogP) is 5.32. The number of aliphatic carboxylic acids is 1. The van der Waals surface area contributed by atoms with Gasteiger partial charge >= 0.3 is 5.97 Å². The molecule has 0 aliphatic heterocycles. The van der Waals surface area contributed by atoms with Crippen molar-refractivity contribution in [1.29, 1.82) is 5.26 Å². The Morgan fingerprint density at radius 3 is 2.34 bits per heavy atom. The number of anilines is 1. The highest BCUT2D eigenvalue weighted by Crippen LogP contribution is 2.40. The van der Waals surface area contributed by atoms with Crippen molar-refractivity contribution in [2.75, 3.05) is 5.32 Å². The molecule has 1 heterocycles. The van der Waals surface area contributed by atoms with Crippen LogP contribution in [0.5, 0.6) is 0 Å². The van der Waals surface area contributed by atoms with Crippen LogP contribution in [-0.2, 0) is 9.59 Å². The van der Waals surface area contributed by atoms with Crippen molar-refractivity contribution < 1.29 is 14.7 Å². The molecular formula is C23H24N2O3S. The van der Waals surface area contributed by atoms with Gasteiger partial charge in [0.05, 0.1) is 17.4 Å². The van der Waals surface area contributed by atoms with E-state index in [2.05, 4.69) is 37.4 Å². The number of carboxylic acids is 1. The molecule has 0 bridgehead atoms. The molecule has 0 spiro atoms. The quantitative estimate of drug-likeness (QED) is 0.655. The maximum Gasteiger partial charge on any atom is 0.307 e. The third-order valence-corrected chi connectivity index (χ3v) is 6.41. The van der Waals surface area contributed by atoms with Gasteiger partial charge < -0.3 is 10.4 Å². The lowest BCUT2D eigenvalue weighted by atomic mass is 9.82. The second-order valence-electron chi connectivity index (χ2n) is 7.61. The number of benzene rings is 1. The average Bonchev–Trinajstić information content (AvgIpc) is 3.02. The Morgan fingerprint density at radius 1 is 1.17 bits per heavy atom. The highest BCUT2D eigenvalue weighted by Gasteiger charge is 2.34. The number of nitrogens with zero attached hydrogens (tertiary/aromatic N) is 1. The number of hydrogen-bond donors (Lipinski definition) is 2. The predicted molar refractivity (Wildman–Crippen MR) is 115 cm³/mol. The maximum absolute atomic E-state index is 12.8. The molecule has 0 unspecified atom stereocenters. The first kappa shape index (κ1) is 20.8. The molecule has 1 amide bonds. The van der Waals surface area contributed by atoms with Gasteiger partial charge in [0.1, 0.15) is 11.1 Å². The Labute approximate surface area is 174 Å². The molecule has 0 fully saturated rings. The van der Waals surface area contributed by atoms with E-state index in [1.165, 1.54) is 16.9 Å². The van der Waals surface area contributed by atoms with Gasteiger partial charge in [-0.3, -0.25) is 9.59 Å². The van der Waals surface area contributed by atoms with Crippen molar-refractivity contribution in [3.8, 4) is 17.2 Å². The number of allylic oxidation sites excluding steroid dienone is 2. The number of carbonyl (C=O) groups is 2. The second-order valence-corrected chi connectivity index (χ2v) is 8.83. The zero-order chi connectivity index (χ0) is 21.1. The molecule has 2 N–H and O–H groups in total. The van der Waals surface area contributed by atoms with E-state index in [4.69, 9.17) is 0 Å². The first-order chi connectivity index (χ1) is 13.8. The molecule has 1 aromatic carbocycles. The normalized spacial score (nSPS) is 18.4. The Balaban J connectivity index is 1.91. The smallest absolute Gasteiger partial charge is 0.307 e. The van der Waals surface area contributed by atoms with Crippen LogP contribution in [0.15, 0.2) is 36.4 Å². The van der Waals surface area contributed by atoms with Gasteiger partial charge in [-0.15, -0.1) is 11.3 Å². The zero-order valence-corrected chi connectivity index (χ0v) is 17.5.